The summed E-state index contributed by atoms with van der Waals surface area (Å²) in [4.78, 5) is 4.83. The summed E-state index contributed by atoms with van der Waals surface area (Å²) >= 11 is 0. The van der Waals surface area contributed by atoms with E-state index in [1.807, 2.05) is 0 Å². The molecule has 0 N–H and O–H groups in total. The van der Waals surface area contributed by atoms with Crippen LogP contribution >= 0.6 is 0 Å². The smallest absolute Gasteiger partial charge is 0.0964 e. The van der Waals surface area contributed by atoms with Crippen LogP contribution in [0.2, 0.25) is 0 Å². The third-order valence-corrected chi connectivity index (χ3v) is 5.16. The normalized spacial score (nSPS) is 24.7. The zero-order chi connectivity index (χ0) is 14.9. The maximum absolute atomic E-state index is 6.16. The number of nitrogens with zero attached hydrogens (tertiary/aromatic N) is 2. The van der Waals surface area contributed by atoms with Gasteiger partial charge in [0.25, 0.3) is 0 Å². The fourth-order valence-corrected chi connectivity index (χ4v) is 3.81. The Labute approximate surface area is 128 Å². The highest BCUT2D eigenvalue weighted by Gasteiger charge is 2.52. The minimum Gasteiger partial charge on any atom is -0.372 e. The molecule has 0 saturated carbocycles. The number of rotatable bonds is 5. The predicted octanol–water partition coefficient (Wildman–Crippen LogP) is 2.54. The lowest BCUT2D eigenvalue weighted by atomic mass is 9.78. The molecule has 1 aromatic rings. The van der Waals surface area contributed by atoms with Crippen LogP contribution in [0.5, 0.6) is 0 Å². The molecule has 3 heteroatoms. The first-order chi connectivity index (χ1) is 10.1. The predicted molar refractivity (Wildman–Crippen MR) is 86.4 cm³/mol. The van der Waals surface area contributed by atoms with Gasteiger partial charge < -0.3 is 9.64 Å². The molecule has 3 nitrogen and oxygen atoms in total. The van der Waals surface area contributed by atoms with Gasteiger partial charge in [0.15, 0.2) is 0 Å². The Balaban J connectivity index is 1.55. The molecule has 0 aromatic heterocycles. The highest BCUT2D eigenvalue weighted by Crippen LogP contribution is 2.42. The largest absolute Gasteiger partial charge is 0.372 e. The SMILES string of the molecule is Cc1ccccc1CN1CC2(C1)OCC[C@@H]2CCN(C)C. The number of hydrogen-bond donors (Lipinski definition) is 0. The first-order valence-electron chi connectivity index (χ1n) is 8.15. The molecule has 2 fully saturated rings. The highest BCUT2D eigenvalue weighted by atomic mass is 16.5. The molecule has 0 amide bonds. The Hall–Kier alpha value is -0.900. The summed E-state index contributed by atoms with van der Waals surface area (Å²) in [6, 6.07) is 8.72. The number of benzene rings is 1. The van der Waals surface area contributed by atoms with Gasteiger partial charge in [0.1, 0.15) is 0 Å². The van der Waals surface area contributed by atoms with Crippen molar-refractivity contribution < 1.29 is 4.74 Å². The highest BCUT2D eigenvalue weighted by molar-refractivity contribution is 5.26. The van der Waals surface area contributed by atoms with Crippen LogP contribution in [-0.2, 0) is 11.3 Å². The van der Waals surface area contributed by atoms with Crippen molar-refractivity contribution in [2.75, 3.05) is 40.3 Å². The average Bonchev–Trinajstić information content (AvgIpc) is 2.82. The summed E-state index contributed by atoms with van der Waals surface area (Å²) in [5, 5.41) is 0. The molecule has 0 bridgehead atoms. The van der Waals surface area contributed by atoms with Crippen LogP contribution in [0.3, 0.4) is 0 Å². The Morgan fingerprint density at radius 3 is 2.76 bits per heavy atom. The van der Waals surface area contributed by atoms with E-state index in [-0.39, 0.29) is 5.60 Å². The number of likely N-dealkylation sites (tertiary alicyclic amines) is 1. The van der Waals surface area contributed by atoms with Crippen molar-refractivity contribution >= 4 is 0 Å². The molecule has 116 valence electrons. The molecule has 1 atom stereocenters. The standard InChI is InChI=1S/C18H28N2O/c1-15-6-4-5-7-16(15)12-20-13-18(14-20)17(9-11-21-18)8-10-19(2)3/h4-7,17H,8-14H2,1-3H3/t17-/m0/s1. The number of aryl methyl sites for hydroxylation is 1. The van der Waals surface area contributed by atoms with Crippen LogP contribution in [0.15, 0.2) is 24.3 Å². The second-order valence-corrected chi connectivity index (χ2v) is 7.06. The van der Waals surface area contributed by atoms with Crippen LogP contribution in [0.1, 0.15) is 24.0 Å². The van der Waals surface area contributed by atoms with E-state index in [0.29, 0.717) is 0 Å². The molecule has 0 radical (unpaired) electrons. The van der Waals surface area contributed by atoms with E-state index in [9.17, 15) is 0 Å². The van der Waals surface area contributed by atoms with E-state index in [1.54, 1.807) is 0 Å². The molecule has 21 heavy (non-hydrogen) atoms. The van der Waals surface area contributed by atoms with Crippen LogP contribution in [0.25, 0.3) is 0 Å². The molecule has 0 aliphatic carbocycles. The van der Waals surface area contributed by atoms with Crippen LogP contribution < -0.4 is 0 Å². The Bertz CT molecular complexity index is 480. The van der Waals surface area contributed by atoms with E-state index in [0.717, 1.165) is 32.2 Å². The van der Waals surface area contributed by atoms with Crippen molar-refractivity contribution in [3.63, 3.8) is 0 Å². The van der Waals surface area contributed by atoms with Crippen molar-refractivity contribution in [3.8, 4) is 0 Å². The summed E-state index contributed by atoms with van der Waals surface area (Å²) in [6.45, 7) is 7.62. The molecule has 1 aromatic carbocycles. The van der Waals surface area contributed by atoms with Crippen molar-refractivity contribution in [1.82, 2.24) is 9.80 Å². The van der Waals surface area contributed by atoms with Crippen molar-refractivity contribution in [3.05, 3.63) is 35.4 Å². The minimum atomic E-state index is 0.165. The Kier molecular flexibility index (Phi) is 4.34. The molecular formula is C18H28N2O. The van der Waals surface area contributed by atoms with Gasteiger partial charge in [0.05, 0.1) is 5.60 Å². The van der Waals surface area contributed by atoms with Gasteiger partial charge in [-0.25, -0.2) is 0 Å². The van der Waals surface area contributed by atoms with Gasteiger partial charge in [-0.2, -0.15) is 0 Å². The fraction of sp³-hybridized carbons (Fsp3) is 0.667. The quantitative estimate of drug-likeness (QED) is 0.828. The van der Waals surface area contributed by atoms with Crippen molar-refractivity contribution in [2.24, 2.45) is 5.92 Å². The molecule has 1 spiro atoms. The van der Waals surface area contributed by atoms with E-state index in [2.05, 4.69) is 55.1 Å². The maximum atomic E-state index is 6.16. The monoisotopic (exact) mass is 288 g/mol. The van der Waals surface area contributed by atoms with Gasteiger partial charge in [-0.1, -0.05) is 24.3 Å². The van der Waals surface area contributed by atoms with Crippen molar-refractivity contribution in [1.29, 1.82) is 0 Å². The van der Waals surface area contributed by atoms with E-state index in [1.165, 1.54) is 30.5 Å². The van der Waals surface area contributed by atoms with Crippen LogP contribution in [-0.4, -0.2) is 55.7 Å². The summed E-state index contributed by atoms with van der Waals surface area (Å²) in [5.41, 5.74) is 3.02. The van der Waals surface area contributed by atoms with Gasteiger partial charge in [0, 0.05) is 26.2 Å². The van der Waals surface area contributed by atoms with Gasteiger partial charge in [0.2, 0.25) is 0 Å². The van der Waals surface area contributed by atoms with Crippen LogP contribution in [0, 0.1) is 12.8 Å². The Morgan fingerprint density at radius 2 is 2.05 bits per heavy atom. The third kappa shape index (κ3) is 3.15. The summed E-state index contributed by atoms with van der Waals surface area (Å²) in [6.07, 6.45) is 2.51. The van der Waals surface area contributed by atoms with Gasteiger partial charge in [-0.3, -0.25) is 4.90 Å². The van der Waals surface area contributed by atoms with E-state index in [4.69, 9.17) is 4.74 Å². The molecular weight excluding hydrogens is 260 g/mol. The van der Waals surface area contributed by atoms with Gasteiger partial charge >= 0.3 is 0 Å². The second kappa shape index (κ2) is 6.07. The van der Waals surface area contributed by atoms with E-state index < -0.39 is 0 Å². The molecule has 0 unspecified atom stereocenters. The average molecular weight is 288 g/mol. The van der Waals surface area contributed by atoms with Crippen LogP contribution in [0.4, 0.5) is 0 Å². The lowest BCUT2D eigenvalue weighted by Gasteiger charge is -2.50. The first kappa shape index (κ1) is 15.0. The molecule has 3 rings (SSSR count). The number of hydrogen-bond acceptors (Lipinski definition) is 3. The number of ether oxygens (including phenoxy) is 1. The Morgan fingerprint density at radius 1 is 1.29 bits per heavy atom. The molecule has 2 aliphatic rings. The zero-order valence-electron chi connectivity index (χ0n) is 13.6. The lowest BCUT2D eigenvalue weighted by Crippen LogP contribution is -2.64. The third-order valence-electron chi connectivity index (χ3n) is 5.16. The summed E-state index contributed by atoms with van der Waals surface area (Å²) in [7, 11) is 4.32. The zero-order valence-corrected chi connectivity index (χ0v) is 13.6. The van der Waals surface area contributed by atoms with E-state index >= 15 is 0 Å². The van der Waals surface area contributed by atoms with Gasteiger partial charge in [-0.15, -0.1) is 0 Å². The summed E-state index contributed by atoms with van der Waals surface area (Å²) in [5.74, 6) is 0.744. The maximum Gasteiger partial charge on any atom is 0.0964 e. The summed E-state index contributed by atoms with van der Waals surface area (Å²) < 4.78 is 6.16. The molecule has 2 saturated heterocycles. The second-order valence-electron chi connectivity index (χ2n) is 7.06. The lowest BCUT2D eigenvalue weighted by molar-refractivity contribution is -0.137. The molecule has 2 heterocycles. The minimum absolute atomic E-state index is 0.165. The van der Waals surface area contributed by atoms with Gasteiger partial charge in [-0.05, 0) is 57.5 Å². The van der Waals surface area contributed by atoms with Crippen molar-refractivity contribution in [2.45, 2.75) is 31.9 Å². The fourth-order valence-electron chi connectivity index (χ4n) is 3.81. The first-order valence-corrected chi connectivity index (χ1v) is 8.15. The topological polar surface area (TPSA) is 15.7 Å². The molecule has 2 aliphatic heterocycles.